The molecule has 0 aliphatic rings. The highest BCUT2D eigenvalue weighted by Gasteiger charge is 2.92. The molecule has 0 fully saturated rings. The molecule has 0 heterocycles. The van der Waals surface area contributed by atoms with Crippen molar-refractivity contribution in [2.24, 2.45) is 0 Å². The maximum Gasteiger partial charge on any atom is 0.508 e. The minimum atomic E-state index is -8.32. The van der Waals surface area contributed by atoms with Crippen LogP contribution in [0.1, 0.15) is 0 Å². The molecule has 0 aliphatic heterocycles. The van der Waals surface area contributed by atoms with E-state index in [1.807, 2.05) is 0 Å². The molecule has 0 amide bonds. The van der Waals surface area contributed by atoms with Crippen LogP contribution in [0.3, 0.4) is 0 Å². The number of carbonyl (C=O) groups is 1. The first kappa shape index (κ1) is 25.2. The average molecular weight is 444 g/mol. The molecule has 0 bridgehead atoms. The standard InChI is InChI=1S/C9H3F15O3/c10-1(11)4(13,14)6(17,18)8(21,22)9(23,24)7(19,20)5(15,16)2(12)27-3(25)26/h1-2H,(H,25,26). The molecule has 1 atom stereocenters. The van der Waals surface area contributed by atoms with Crippen LogP contribution in [0.2, 0.25) is 0 Å². The van der Waals surface area contributed by atoms with Crippen molar-refractivity contribution in [3.05, 3.63) is 0 Å². The van der Waals surface area contributed by atoms with Gasteiger partial charge in [-0.15, -0.1) is 0 Å². The molecule has 0 rings (SSSR count). The molecular formula is C9H3F15O3. The summed E-state index contributed by atoms with van der Waals surface area (Å²) >= 11 is 0. The average Bonchev–Trinajstić information content (AvgIpc) is 2.44. The molecule has 1 N–H and O–H groups in total. The van der Waals surface area contributed by atoms with Gasteiger partial charge in [0.05, 0.1) is 0 Å². The van der Waals surface area contributed by atoms with Gasteiger partial charge in [-0.1, -0.05) is 0 Å². The Morgan fingerprint density at radius 3 is 1.19 bits per heavy atom. The third kappa shape index (κ3) is 3.41. The first-order chi connectivity index (χ1) is 11.5. The fraction of sp³-hybridized carbons (Fsp3) is 0.889. The molecule has 0 saturated carbocycles. The van der Waals surface area contributed by atoms with Crippen molar-refractivity contribution in [2.45, 2.75) is 48.3 Å². The predicted octanol–water partition coefficient (Wildman–Crippen LogP) is 5.05. The van der Waals surface area contributed by atoms with Crippen LogP contribution in [0.4, 0.5) is 70.7 Å². The van der Waals surface area contributed by atoms with Crippen molar-refractivity contribution in [3.8, 4) is 0 Å². The van der Waals surface area contributed by atoms with Crippen LogP contribution < -0.4 is 0 Å². The van der Waals surface area contributed by atoms with E-state index in [1.165, 1.54) is 0 Å². The van der Waals surface area contributed by atoms with Gasteiger partial charge in [0, 0.05) is 0 Å². The maximum atomic E-state index is 13.1. The molecular weight excluding hydrogens is 441 g/mol. The highest BCUT2D eigenvalue weighted by Crippen LogP contribution is 2.61. The van der Waals surface area contributed by atoms with Crippen LogP contribution in [-0.2, 0) is 4.74 Å². The van der Waals surface area contributed by atoms with Gasteiger partial charge in [-0.05, 0) is 0 Å². The Hall–Kier alpha value is -1.78. The van der Waals surface area contributed by atoms with Crippen LogP contribution in [0.5, 0.6) is 0 Å². The van der Waals surface area contributed by atoms with Gasteiger partial charge in [0.15, 0.2) is 0 Å². The molecule has 18 heteroatoms. The summed E-state index contributed by atoms with van der Waals surface area (Å²) in [5.74, 6) is -47.5. The van der Waals surface area contributed by atoms with Gasteiger partial charge in [-0.2, -0.15) is 57.1 Å². The van der Waals surface area contributed by atoms with Crippen molar-refractivity contribution in [1.82, 2.24) is 0 Å². The number of carboxylic acid groups (broad SMARTS) is 1. The van der Waals surface area contributed by atoms with Crippen LogP contribution in [0.15, 0.2) is 0 Å². The Labute approximate surface area is 136 Å². The summed E-state index contributed by atoms with van der Waals surface area (Å²) in [6, 6.07) is 0. The van der Waals surface area contributed by atoms with Crippen LogP contribution in [0, 0.1) is 0 Å². The highest BCUT2D eigenvalue weighted by atomic mass is 19.4. The van der Waals surface area contributed by atoms with Crippen LogP contribution in [0.25, 0.3) is 0 Å². The molecule has 27 heavy (non-hydrogen) atoms. The summed E-state index contributed by atoms with van der Waals surface area (Å²) in [6.07, 6.45) is -14.4. The van der Waals surface area contributed by atoms with Crippen LogP contribution >= 0.6 is 0 Å². The van der Waals surface area contributed by atoms with Gasteiger partial charge < -0.3 is 9.84 Å². The maximum absolute atomic E-state index is 13.1. The minimum Gasteiger partial charge on any atom is -0.450 e. The Morgan fingerprint density at radius 1 is 0.630 bits per heavy atom. The van der Waals surface area contributed by atoms with Gasteiger partial charge in [0.1, 0.15) is 0 Å². The van der Waals surface area contributed by atoms with E-state index in [0.717, 1.165) is 0 Å². The molecule has 0 aromatic carbocycles. The first-order valence-corrected chi connectivity index (χ1v) is 5.62. The van der Waals surface area contributed by atoms with E-state index in [1.54, 1.807) is 0 Å². The third-order valence-corrected chi connectivity index (χ3v) is 2.78. The summed E-state index contributed by atoms with van der Waals surface area (Å²) in [5.41, 5.74) is 0. The Balaban J connectivity index is 6.39. The zero-order valence-corrected chi connectivity index (χ0v) is 11.6. The molecule has 0 aromatic heterocycles. The molecule has 162 valence electrons. The smallest absolute Gasteiger partial charge is 0.450 e. The lowest BCUT2D eigenvalue weighted by molar-refractivity contribution is -0.441. The Morgan fingerprint density at radius 2 is 0.926 bits per heavy atom. The topological polar surface area (TPSA) is 46.5 Å². The van der Waals surface area contributed by atoms with E-state index in [4.69, 9.17) is 5.11 Å². The summed E-state index contributed by atoms with van der Waals surface area (Å²) < 4.78 is 193. The number of alkyl halides is 15. The molecule has 0 aliphatic carbocycles. The largest absolute Gasteiger partial charge is 0.508 e. The van der Waals surface area contributed by atoms with Gasteiger partial charge in [-0.25, -0.2) is 13.6 Å². The first-order valence-electron chi connectivity index (χ1n) is 5.62. The SMILES string of the molecule is O=C(O)OC(F)C(F)(F)C(F)(F)C(F)(F)C(F)(F)C(F)(F)C(F)(F)C(F)F. The van der Waals surface area contributed by atoms with E-state index in [0.29, 0.717) is 0 Å². The zero-order chi connectivity index (χ0) is 22.4. The Kier molecular flexibility index (Phi) is 6.24. The third-order valence-electron chi connectivity index (χ3n) is 2.78. The van der Waals surface area contributed by atoms with E-state index in [2.05, 4.69) is 4.74 Å². The molecule has 0 saturated heterocycles. The van der Waals surface area contributed by atoms with Crippen molar-refractivity contribution < 1.29 is 80.5 Å². The molecule has 0 aromatic rings. The number of hydrogen-bond donors (Lipinski definition) is 1. The van der Waals surface area contributed by atoms with Crippen molar-refractivity contribution >= 4 is 6.16 Å². The molecule has 0 radical (unpaired) electrons. The second-order valence-corrected chi connectivity index (χ2v) is 4.54. The van der Waals surface area contributed by atoms with Crippen molar-refractivity contribution in [1.29, 1.82) is 0 Å². The van der Waals surface area contributed by atoms with Gasteiger partial charge in [0.2, 0.25) is 0 Å². The lowest BCUT2D eigenvalue weighted by Crippen LogP contribution is -2.72. The number of halogens is 15. The lowest BCUT2D eigenvalue weighted by atomic mass is 9.91. The van der Waals surface area contributed by atoms with Crippen LogP contribution in [-0.4, -0.2) is 59.6 Å². The molecule has 0 spiro atoms. The quantitative estimate of drug-likeness (QED) is 0.421. The predicted molar refractivity (Wildman–Crippen MR) is 49.7 cm³/mol. The Bertz CT molecular complexity index is 557. The fourth-order valence-corrected chi connectivity index (χ4v) is 1.26. The van der Waals surface area contributed by atoms with Gasteiger partial charge in [-0.3, -0.25) is 0 Å². The fourth-order valence-electron chi connectivity index (χ4n) is 1.26. The van der Waals surface area contributed by atoms with E-state index in [-0.39, 0.29) is 0 Å². The summed E-state index contributed by atoms with van der Waals surface area (Å²) in [7, 11) is 0. The summed E-state index contributed by atoms with van der Waals surface area (Å²) in [5, 5.41) is 7.69. The van der Waals surface area contributed by atoms with Crippen molar-refractivity contribution in [2.75, 3.05) is 0 Å². The number of rotatable bonds is 8. The second-order valence-electron chi connectivity index (χ2n) is 4.54. The highest BCUT2D eigenvalue weighted by molar-refractivity contribution is 5.57. The minimum absolute atomic E-state index is 2.29. The number of ether oxygens (including phenoxy) is 1. The van der Waals surface area contributed by atoms with Gasteiger partial charge >= 0.3 is 54.5 Å². The summed E-state index contributed by atoms with van der Waals surface area (Å²) in [6.45, 7) is 0. The number of hydrogen-bond acceptors (Lipinski definition) is 2. The monoisotopic (exact) mass is 444 g/mol. The molecule has 3 nitrogen and oxygen atoms in total. The van der Waals surface area contributed by atoms with Crippen molar-refractivity contribution in [3.63, 3.8) is 0 Å². The van der Waals surface area contributed by atoms with E-state index in [9.17, 15) is 70.7 Å². The van der Waals surface area contributed by atoms with E-state index >= 15 is 0 Å². The lowest BCUT2D eigenvalue weighted by Gasteiger charge is -2.41. The normalized spacial score (nSPS) is 16.4. The summed E-state index contributed by atoms with van der Waals surface area (Å²) in [4.78, 5) is 9.72. The van der Waals surface area contributed by atoms with Gasteiger partial charge in [0.25, 0.3) is 0 Å². The zero-order valence-electron chi connectivity index (χ0n) is 11.6. The second kappa shape index (κ2) is 6.68. The molecule has 1 unspecified atom stereocenters. The van der Waals surface area contributed by atoms with E-state index < -0.39 is 54.5 Å².